The number of nitrogens with one attached hydrogen (secondary N) is 2. The second-order valence-corrected chi connectivity index (χ2v) is 8.35. The highest BCUT2D eigenvalue weighted by Crippen LogP contribution is 2.28. The van der Waals surface area contributed by atoms with Crippen LogP contribution in [0.25, 0.3) is 10.9 Å². The monoisotopic (exact) mass is 395 g/mol. The molecule has 0 atom stereocenters. The molecular weight excluding hydrogens is 370 g/mol. The van der Waals surface area contributed by atoms with Gasteiger partial charge in [0.15, 0.2) is 5.11 Å². The summed E-state index contributed by atoms with van der Waals surface area (Å²) in [5.74, 6) is 0. The first kappa shape index (κ1) is 18.4. The average Bonchev–Trinajstić information content (AvgIpc) is 3.36. The molecule has 1 saturated carbocycles. The van der Waals surface area contributed by atoms with Gasteiger partial charge in [-0.05, 0) is 61.1 Å². The number of hydrogen-bond acceptors (Lipinski definition) is 2. The van der Waals surface area contributed by atoms with E-state index in [2.05, 4.69) is 76.2 Å². The molecule has 1 aliphatic carbocycles. The van der Waals surface area contributed by atoms with Gasteiger partial charge in [0.2, 0.25) is 0 Å². The molecule has 1 aromatic heterocycles. The molecular formula is C22H25N3S2. The molecule has 3 nitrogen and oxygen atoms in total. The van der Waals surface area contributed by atoms with Crippen molar-refractivity contribution in [3.63, 3.8) is 0 Å². The maximum atomic E-state index is 5.87. The minimum atomic E-state index is 0.516. The topological polar surface area (TPSA) is 31.1 Å². The van der Waals surface area contributed by atoms with Crippen molar-refractivity contribution in [3.8, 4) is 0 Å². The Morgan fingerprint density at radius 1 is 1.19 bits per heavy atom. The fraction of sp³-hybridized carbons (Fsp3) is 0.318. The van der Waals surface area contributed by atoms with E-state index in [1.165, 1.54) is 47.0 Å². The number of para-hydroxylation sites is 1. The average molecular weight is 396 g/mol. The Bertz CT molecular complexity index is 928. The number of anilines is 1. The van der Waals surface area contributed by atoms with Gasteiger partial charge in [-0.25, -0.2) is 0 Å². The molecule has 4 rings (SSSR count). The van der Waals surface area contributed by atoms with E-state index in [9.17, 15) is 0 Å². The van der Waals surface area contributed by atoms with E-state index < -0.39 is 0 Å². The second-order valence-electron chi connectivity index (χ2n) is 7.09. The molecule has 1 fully saturated rings. The van der Waals surface area contributed by atoms with Gasteiger partial charge in [-0.15, -0.1) is 11.8 Å². The molecule has 0 saturated heterocycles. The van der Waals surface area contributed by atoms with E-state index in [1.54, 1.807) is 11.8 Å². The molecule has 27 heavy (non-hydrogen) atoms. The van der Waals surface area contributed by atoms with Gasteiger partial charge in [0.05, 0.1) is 0 Å². The Morgan fingerprint density at radius 2 is 2.00 bits per heavy atom. The number of thioether (sulfide) groups is 1. The highest BCUT2D eigenvalue weighted by Gasteiger charge is 2.25. The normalized spacial score (nSPS) is 14.6. The molecule has 2 aromatic carbocycles. The number of thiocarbonyl (C=S) groups is 1. The number of H-pyrrole nitrogens is 1. The minimum Gasteiger partial charge on any atom is -0.361 e. The summed E-state index contributed by atoms with van der Waals surface area (Å²) >= 11 is 7.62. The number of fused-ring (bicyclic) bond motifs is 1. The summed E-state index contributed by atoms with van der Waals surface area (Å²) in [6.45, 7) is 0.836. The van der Waals surface area contributed by atoms with Crippen molar-refractivity contribution < 1.29 is 0 Å². The second kappa shape index (κ2) is 8.36. The van der Waals surface area contributed by atoms with Crippen molar-refractivity contribution in [3.05, 3.63) is 60.3 Å². The summed E-state index contributed by atoms with van der Waals surface area (Å²) in [5, 5.41) is 5.60. The number of hydrogen-bond donors (Lipinski definition) is 2. The summed E-state index contributed by atoms with van der Waals surface area (Å²) in [7, 11) is 0. The van der Waals surface area contributed by atoms with Crippen molar-refractivity contribution in [2.45, 2.75) is 43.2 Å². The lowest BCUT2D eigenvalue weighted by atomic mass is 10.1. The Morgan fingerprint density at radius 3 is 2.81 bits per heavy atom. The number of benzene rings is 2. The Labute approximate surface area is 170 Å². The Kier molecular flexibility index (Phi) is 5.69. The van der Waals surface area contributed by atoms with Gasteiger partial charge in [0.25, 0.3) is 0 Å². The highest BCUT2D eigenvalue weighted by atomic mass is 32.2. The van der Waals surface area contributed by atoms with Gasteiger partial charge in [-0.3, -0.25) is 0 Å². The van der Waals surface area contributed by atoms with Crippen LogP contribution in [-0.4, -0.2) is 27.3 Å². The van der Waals surface area contributed by atoms with E-state index >= 15 is 0 Å². The molecule has 0 amide bonds. The van der Waals surface area contributed by atoms with Gasteiger partial charge in [-0.1, -0.05) is 37.1 Å². The van der Waals surface area contributed by atoms with E-state index in [1.807, 2.05) is 0 Å². The van der Waals surface area contributed by atoms with Gasteiger partial charge >= 0.3 is 0 Å². The quantitative estimate of drug-likeness (QED) is 0.408. The summed E-state index contributed by atoms with van der Waals surface area (Å²) in [6, 6.07) is 17.5. The van der Waals surface area contributed by atoms with Crippen LogP contribution < -0.4 is 5.32 Å². The zero-order valence-electron chi connectivity index (χ0n) is 15.6. The molecule has 2 N–H and O–H groups in total. The van der Waals surface area contributed by atoms with E-state index in [0.717, 1.165) is 17.3 Å². The van der Waals surface area contributed by atoms with Gasteiger partial charge in [0.1, 0.15) is 0 Å². The molecule has 0 radical (unpaired) electrons. The Balaban J connectivity index is 1.57. The standard InChI is InChI=1S/C22H25N3S2/c1-27-19-10-6-7-17(13-19)24-22(26)25(18-8-2-3-9-18)15-16-14-23-21-12-5-4-11-20(16)21/h4-7,10-14,18,23H,2-3,8-9,15H2,1H3,(H,24,26). The van der Waals surface area contributed by atoms with Crippen LogP contribution in [0.1, 0.15) is 31.2 Å². The van der Waals surface area contributed by atoms with Crippen LogP contribution in [0, 0.1) is 0 Å². The number of aromatic nitrogens is 1. The molecule has 140 valence electrons. The summed E-state index contributed by atoms with van der Waals surface area (Å²) in [4.78, 5) is 7.03. The first-order chi connectivity index (χ1) is 13.2. The van der Waals surface area contributed by atoms with Crippen LogP contribution in [-0.2, 0) is 6.54 Å². The van der Waals surface area contributed by atoms with Crippen LogP contribution >= 0.6 is 24.0 Å². The van der Waals surface area contributed by atoms with Crippen molar-refractivity contribution >= 4 is 45.7 Å². The fourth-order valence-corrected chi connectivity index (χ4v) is 4.72. The molecule has 3 aromatic rings. The zero-order chi connectivity index (χ0) is 18.6. The van der Waals surface area contributed by atoms with Gasteiger partial charge in [0, 0.05) is 40.3 Å². The third-order valence-corrected chi connectivity index (χ3v) is 6.42. The maximum absolute atomic E-state index is 5.87. The van der Waals surface area contributed by atoms with Crippen LogP contribution in [0.15, 0.2) is 59.6 Å². The van der Waals surface area contributed by atoms with Crippen molar-refractivity contribution in [2.24, 2.45) is 0 Å². The van der Waals surface area contributed by atoms with Crippen LogP contribution in [0.3, 0.4) is 0 Å². The summed E-state index contributed by atoms with van der Waals surface area (Å²) in [5.41, 5.74) is 3.55. The van der Waals surface area contributed by atoms with Crippen LogP contribution in [0.4, 0.5) is 5.69 Å². The molecule has 0 unspecified atom stereocenters. The lowest BCUT2D eigenvalue weighted by Crippen LogP contribution is -2.40. The lowest BCUT2D eigenvalue weighted by Gasteiger charge is -2.31. The molecule has 5 heteroatoms. The van der Waals surface area contributed by atoms with E-state index in [-0.39, 0.29) is 0 Å². The molecule has 0 aliphatic heterocycles. The number of aromatic amines is 1. The van der Waals surface area contributed by atoms with E-state index in [0.29, 0.717) is 6.04 Å². The van der Waals surface area contributed by atoms with Crippen molar-refractivity contribution in [1.29, 1.82) is 0 Å². The Hall–Kier alpha value is -1.98. The predicted molar refractivity (Wildman–Crippen MR) is 121 cm³/mol. The lowest BCUT2D eigenvalue weighted by molar-refractivity contribution is 0.313. The summed E-state index contributed by atoms with van der Waals surface area (Å²) < 4.78 is 0. The largest absolute Gasteiger partial charge is 0.361 e. The van der Waals surface area contributed by atoms with Crippen molar-refractivity contribution in [1.82, 2.24) is 9.88 Å². The molecule has 0 bridgehead atoms. The molecule has 1 heterocycles. The fourth-order valence-electron chi connectivity index (χ4n) is 3.92. The third-order valence-electron chi connectivity index (χ3n) is 5.36. The predicted octanol–water partition coefficient (Wildman–Crippen LogP) is 6.03. The third kappa shape index (κ3) is 4.14. The first-order valence-electron chi connectivity index (χ1n) is 9.51. The van der Waals surface area contributed by atoms with Gasteiger partial charge < -0.3 is 15.2 Å². The maximum Gasteiger partial charge on any atom is 0.173 e. The van der Waals surface area contributed by atoms with Crippen LogP contribution in [0.5, 0.6) is 0 Å². The molecule has 0 spiro atoms. The molecule has 1 aliphatic rings. The number of nitrogens with zero attached hydrogens (tertiary/aromatic N) is 1. The highest BCUT2D eigenvalue weighted by molar-refractivity contribution is 7.98. The summed E-state index contributed by atoms with van der Waals surface area (Å²) in [6.07, 6.45) is 9.24. The van der Waals surface area contributed by atoms with Crippen molar-refractivity contribution in [2.75, 3.05) is 11.6 Å². The SMILES string of the molecule is CSc1cccc(NC(=S)N(Cc2c[nH]c3ccccc23)C2CCCC2)c1. The van der Waals surface area contributed by atoms with Crippen LogP contribution in [0.2, 0.25) is 0 Å². The zero-order valence-corrected chi connectivity index (χ0v) is 17.2. The minimum absolute atomic E-state index is 0.516. The van der Waals surface area contributed by atoms with E-state index in [4.69, 9.17) is 12.2 Å². The smallest absolute Gasteiger partial charge is 0.173 e. The first-order valence-corrected chi connectivity index (χ1v) is 11.1. The van der Waals surface area contributed by atoms with Gasteiger partial charge in [-0.2, -0.15) is 0 Å². The number of rotatable bonds is 5.